The Morgan fingerprint density at radius 1 is 1.46 bits per heavy atom. The van der Waals surface area contributed by atoms with Crippen molar-refractivity contribution in [3.8, 4) is 0 Å². The molecular weight excluding hydrogens is 178 g/mol. The van der Waals surface area contributed by atoms with Crippen molar-refractivity contribution in [2.45, 2.75) is 12.2 Å². The van der Waals surface area contributed by atoms with E-state index in [1.54, 1.807) is 0 Å². The number of aliphatic carboxylic acids is 1. The summed E-state index contributed by atoms with van der Waals surface area (Å²) in [5.74, 6) is -2.69. The Labute approximate surface area is 71.9 Å². The zero-order valence-corrected chi connectivity index (χ0v) is 6.27. The van der Waals surface area contributed by atoms with E-state index < -0.39 is 41.0 Å². The number of aliphatic hydroxyl groups excluding tert-OH is 1. The quantitative estimate of drug-likeness (QED) is 0.463. The van der Waals surface area contributed by atoms with Crippen LogP contribution in [0.2, 0.25) is 0 Å². The zero-order chi connectivity index (χ0) is 9.75. The van der Waals surface area contributed by atoms with Crippen molar-refractivity contribution >= 4 is 17.5 Å². The van der Waals surface area contributed by atoms with Crippen LogP contribution < -0.4 is 0 Å². The minimum Gasteiger partial charge on any atom is -0.508 e. The molecule has 2 rings (SSSR count). The van der Waals surface area contributed by atoms with Crippen LogP contribution in [0, 0.1) is 5.41 Å². The molecule has 0 aromatic heterocycles. The Bertz CT molecular complexity index is 369. The van der Waals surface area contributed by atoms with Crippen LogP contribution in [0.4, 0.5) is 0 Å². The van der Waals surface area contributed by atoms with E-state index in [1.165, 1.54) is 0 Å². The minimum atomic E-state index is -1.48. The van der Waals surface area contributed by atoms with E-state index in [4.69, 9.17) is 15.3 Å². The summed E-state index contributed by atoms with van der Waals surface area (Å²) in [6, 6.07) is 0. The van der Waals surface area contributed by atoms with Gasteiger partial charge in [-0.3, -0.25) is 10.2 Å². The molecule has 2 atom stereocenters. The first kappa shape index (κ1) is 7.93. The van der Waals surface area contributed by atoms with Crippen LogP contribution in [0.25, 0.3) is 0 Å². The second kappa shape index (κ2) is 2.17. The lowest BCUT2D eigenvalue weighted by atomic mass is 9.94. The smallest absolute Gasteiger partial charge is 0.341 e. The summed E-state index contributed by atoms with van der Waals surface area (Å²) in [6.45, 7) is 0. The lowest BCUT2D eigenvalue weighted by Crippen LogP contribution is -2.32. The molecule has 6 nitrogen and oxygen atoms in total. The van der Waals surface area contributed by atoms with Gasteiger partial charge in [0, 0.05) is 0 Å². The number of hydrogen-bond donors (Lipinski definition) is 3. The van der Waals surface area contributed by atoms with Gasteiger partial charge in [-0.1, -0.05) is 0 Å². The van der Waals surface area contributed by atoms with Gasteiger partial charge in [0.05, 0.1) is 0 Å². The van der Waals surface area contributed by atoms with Crippen molar-refractivity contribution in [1.82, 2.24) is 0 Å². The molecule has 68 valence electrons. The van der Waals surface area contributed by atoms with Crippen LogP contribution in [0.3, 0.4) is 0 Å². The first-order chi connectivity index (χ1) is 6.04. The molecule has 1 aliphatic heterocycles. The first-order valence-electron chi connectivity index (χ1n) is 3.49. The molecular formula is C7H5NO5. The highest BCUT2D eigenvalue weighted by molar-refractivity contribution is 6.53. The fourth-order valence-corrected chi connectivity index (χ4v) is 1.27. The van der Waals surface area contributed by atoms with Gasteiger partial charge in [-0.25, -0.2) is 4.79 Å². The fraction of sp³-hybridized carbons (Fsp3) is 0.286. The number of carbonyl (C=O) groups is 2. The average Bonchev–Trinajstić information content (AvgIpc) is 2.79. The van der Waals surface area contributed by atoms with E-state index in [0.29, 0.717) is 0 Å². The number of Topliss-reactive ketones (excluding diaryl/α,β-unsaturated/α-hetero) is 1. The molecule has 0 aromatic rings. The summed E-state index contributed by atoms with van der Waals surface area (Å²) in [4.78, 5) is 21.6. The Kier molecular flexibility index (Phi) is 1.32. The number of ketones is 1. The molecule has 1 fully saturated rings. The van der Waals surface area contributed by atoms with Crippen molar-refractivity contribution in [2.24, 2.45) is 0 Å². The van der Waals surface area contributed by atoms with E-state index in [2.05, 4.69) is 0 Å². The summed E-state index contributed by atoms with van der Waals surface area (Å²) >= 11 is 0. The van der Waals surface area contributed by atoms with Crippen molar-refractivity contribution in [2.75, 3.05) is 0 Å². The largest absolute Gasteiger partial charge is 0.508 e. The minimum absolute atomic E-state index is 0.526. The molecule has 1 aliphatic carbocycles. The van der Waals surface area contributed by atoms with Crippen LogP contribution >= 0.6 is 0 Å². The van der Waals surface area contributed by atoms with Crippen LogP contribution in [-0.4, -0.2) is 39.9 Å². The highest BCUT2D eigenvalue weighted by atomic mass is 16.6. The number of epoxide rings is 1. The predicted octanol–water partition coefficient (Wildman–Crippen LogP) is -0.747. The predicted molar refractivity (Wildman–Crippen MR) is 38.7 cm³/mol. The Morgan fingerprint density at radius 2 is 2.08 bits per heavy atom. The van der Waals surface area contributed by atoms with Crippen molar-refractivity contribution in [3.05, 3.63) is 11.3 Å². The number of aliphatic hydroxyl groups is 1. The van der Waals surface area contributed by atoms with Gasteiger partial charge < -0.3 is 14.9 Å². The van der Waals surface area contributed by atoms with E-state index in [-0.39, 0.29) is 0 Å². The summed E-state index contributed by atoms with van der Waals surface area (Å²) in [5, 5.41) is 24.9. The number of rotatable bonds is 1. The summed E-state index contributed by atoms with van der Waals surface area (Å²) < 4.78 is 4.69. The molecule has 3 N–H and O–H groups in total. The number of nitrogens with one attached hydrogen (secondary N) is 1. The third-order valence-electron chi connectivity index (χ3n) is 1.99. The lowest BCUT2D eigenvalue weighted by molar-refractivity contribution is -0.132. The van der Waals surface area contributed by atoms with Crippen LogP contribution in [0.15, 0.2) is 11.3 Å². The summed E-state index contributed by atoms with van der Waals surface area (Å²) in [6.07, 6.45) is -1.68. The van der Waals surface area contributed by atoms with Gasteiger partial charge >= 0.3 is 5.97 Å². The second-order valence-electron chi connectivity index (χ2n) is 2.78. The molecule has 0 saturated carbocycles. The van der Waals surface area contributed by atoms with E-state index in [9.17, 15) is 14.7 Å². The molecule has 1 heterocycles. The van der Waals surface area contributed by atoms with Gasteiger partial charge in [-0.2, -0.15) is 0 Å². The van der Waals surface area contributed by atoms with Gasteiger partial charge in [0.25, 0.3) is 0 Å². The Hall–Kier alpha value is -1.69. The van der Waals surface area contributed by atoms with Gasteiger partial charge in [0.15, 0.2) is 6.10 Å². The molecule has 6 heteroatoms. The van der Waals surface area contributed by atoms with Crippen LogP contribution in [0.1, 0.15) is 0 Å². The van der Waals surface area contributed by atoms with Crippen LogP contribution in [0.5, 0.6) is 0 Å². The molecule has 0 aromatic carbocycles. The Morgan fingerprint density at radius 3 is 2.62 bits per heavy atom. The molecule has 0 radical (unpaired) electrons. The number of carboxylic acid groups (broad SMARTS) is 1. The van der Waals surface area contributed by atoms with Gasteiger partial charge in [-0.05, 0) is 0 Å². The number of hydrogen-bond acceptors (Lipinski definition) is 5. The maximum absolute atomic E-state index is 11.1. The third kappa shape index (κ3) is 0.888. The standard InChI is InChI=1S/C7H5NO5/c8-2-1(7(11)12)3(9)5-6(13-5)4(2)10/h5-6,8-9H,(H,11,12)/t5-,6+/m1/s1. The molecule has 0 amide bonds. The van der Waals surface area contributed by atoms with E-state index in [0.717, 1.165) is 0 Å². The number of carbonyl (C=O) groups excluding carboxylic acids is 1. The maximum Gasteiger partial charge on any atom is 0.341 e. The molecule has 1 saturated heterocycles. The highest BCUT2D eigenvalue weighted by Gasteiger charge is 2.55. The third-order valence-corrected chi connectivity index (χ3v) is 1.99. The monoisotopic (exact) mass is 183 g/mol. The van der Waals surface area contributed by atoms with E-state index in [1.807, 2.05) is 0 Å². The van der Waals surface area contributed by atoms with Crippen molar-refractivity contribution in [1.29, 1.82) is 5.41 Å². The number of ether oxygens (including phenoxy) is 1. The van der Waals surface area contributed by atoms with Gasteiger partial charge in [-0.15, -0.1) is 0 Å². The highest BCUT2D eigenvalue weighted by Crippen LogP contribution is 2.35. The molecule has 2 aliphatic rings. The number of fused-ring (bicyclic) bond motifs is 1. The van der Waals surface area contributed by atoms with Crippen molar-refractivity contribution in [3.63, 3.8) is 0 Å². The molecule has 13 heavy (non-hydrogen) atoms. The maximum atomic E-state index is 11.1. The molecule has 0 unspecified atom stereocenters. The molecule has 0 bridgehead atoms. The summed E-state index contributed by atoms with van der Waals surface area (Å²) in [5.41, 5.74) is -1.34. The summed E-state index contributed by atoms with van der Waals surface area (Å²) in [7, 11) is 0. The SMILES string of the molecule is N=C1C(=O)[C@@H]2O[C@@H]2C(O)=C1C(=O)O. The first-order valence-corrected chi connectivity index (χ1v) is 3.49. The normalized spacial score (nSPS) is 31.7. The van der Waals surface area contributed by atoms with Crippen LogP contribution in [-0.2, 0) is 14.3 Å². The van der Waals surface area contributed by atoms with Gasteiger partial charge in [0.1, 0.15) is 23.1 Å². The Balaban J connectivity index is 2.51. The zero-order valence-electron chi connectivity index (χ0n) is 6.27. The topological polar surface area (TPSA) is 111 Å². The van der Waals surface area contributed by atoms with E-state index >= 15 is 0 Å². The second-order valence-corrected chi connectivity index (χ2v) is 2.78. The van der Waals surface area contributed by atoms with Crippen molar-refractivity contribution < 1.29 is 24.5 Å². The molecule has 0 spiro atoms. The fourth-order valence-electron chi connectivity index (χ4n) is 1.27. The lowest BCUT2D eigenvalue weighted by Gasteiger charge is -2.08. The van der Waals surface area contributed by atoms with Gasteiger partial charge in [0.2, 0.25) is 5.78 Å². The average molecular weight is 183 g/mol. The number of carboxylic acids is 1.